The number of hydrogen-bond acceptors (Lipinski definition) is 3. The zero-order valence-corrected chi connectivity index (χ0v) is 14.3. The van der Waals surface area contributed by atoms with Crippen molar-refractivity contribution < 1.29 is 18.5 Å². The molecule has 2 heterocycles. The zero-order chi connectivity index (χ0) is 16.9. The highest BCUT2D eigenvalue weighted by molar-refractivity contribution is 7.89. The number of piperazine rings is 1. The summed E-state index contributed by atoms with van der Waals surface area (Å²) in [5, 5.41) is 3.52. The van der Waals surface area contributed by atoms with E-state index in [9.17, 15) is 13.2 Å². The smallest absolute Gasteiger partial charge is 0.258 e. The molecule has 0 radical (unpaired) electrons. The minimum Gasteiger partial charge on any atom is -0.344 e. The second kappa shape index (κ2) is 5.54. The normalized spacial score (nSPS) is 18.5. The lowest BCUT2D eigenvalue weighted by molar-refractivity contribution is -0.661. The summed E-state index contributed by atoms with van der Waals surface area (Å²) in [6.45, 7) is 5.09. The largest absolute Gasteiger partial charge is 0.344 e. The Morgan fingerprint density at radius 1 is 1.12 bits per heavy atom. The van der Waals surface area contributed by atoms with Gasteiger partial charge in [-0.15, -0.1) is 0 Å². The molecule has 0 unspecified atom stereocenters. The van der Waals surface area contributed by atoms with Gasteiger partial charge < -0.3 is 10.2 Å². The van der Waals surface area contributed by atoms with Crippen molar-refractivity contribution >= 4 is 32.4 Å². The fourth-order valence-electron chi connectivity index (χ4n) is 3.66. The molecular formula is C17H20N3O3S+. The maximum atomic E-state index is 13.1. The summed E-state index contributed by atoms with van der Waals surface area (Å²) < 4.78 is 27.7. The summed E-state index contributed by atoms with van der Waals surface area (Å²) in [4.78, 5) is 14.5. The SMILES string of the molecule is CCN1C(=O)c2cccc3c(S(=O)(=O)N4CC[NH2+]CC4)ccc1c23. The van der Waals surface area contributed by atoms with E-state index in [4.69, 9.17) is 0 Å². The minimum atomic E-state index is -3.55. The van der Waals surface area contributed by atoms with Crippen LogP contribution in [0.2, 0.25) is 0 Å². The number of rotatable bonds is 3. The number of benzene rings is 2. The Balaban J connectivity index is 1.94. The Morgan fingerprint density at radius 3 is 2.58 bits per heavy atom. The van der Waals surface area contributed by atoms with E-state index in [1.54, 1.807) is 39.5 Å². The topological polar surface area (TPSA) is 74.3 Å². The second-order valence-corrected chi connectivity index (χ2v) is 8.04. The third-order valence-electron chi connectivity index (χ3n) is 4.84. The van der Waals surface area contributed by atoms with Gasteiger partial charge in [-0.25, -0.2) is 8.42 Å². The molecule has 7 heteroatoms. The van der Waals surface area contributed by atoms with E-state index in [1.165, 1.54) is 0 Å². The summed E-state index contributed by atoms with van der Waals surface area (Å²) in [5.41, 5.74) is 1.40. The van der Waals surface area contributed by atoms with E-state index in [-0.39, 0.29) is 5.91 Å². The predicted octanol–water partition coefficient (Wildman–Crippen LogP) is 0.388. The maximum absolute atomic E-state index is 13.1. The summed E-state index contributed by atoms with van der Waals surface area (Å²) in [6, 6.07) is 8.76. The first-order chi connectivity index (χ1) is 11.6. The molecule has 0 aromatic heterocycles. The third-order valence-corrected chi connectivity index (χ3v) is 6.80. The minimum absolute atomic E-state index is 0.0554. The van der Waals surface area contributed by atoms with E-state index in [0.29, 0.717) is 35.5 Å². The van der Waals surface area contributed by atoms with Crippen molar-refractivity contribution in [1.29, 1.82) is 0 Å². The van der Waals surface area contributed by atoms with Crippen molar-refractivity contribution in [1.82, 2.24) is 4.31 Å². The van der Waals surface area contributed by atoms with Crippen LogP contribution in [0.15, 0.2) is 35.2 Å². The lowest BCUT2D eigenvalue weighted by atomic mass is 10.1. The van der Waals surface area contributed by atoms with Gasteiger partial charge in [0, 0.05) is 22.9 Å². The Hall–Kier alpha value is -1.96. The summed E-state index contributed by atoms with van der Waals surface area (Å²) >= 11 is 0. The molecule has 1 amide bonds. The number of quaternary nitrogens is 1. The number of carbonyl (C=O) groups excluding carboxylic acids is 1. The van der Waals surface area contributed by atoms with Crippen molar-refractivity contribution in [2.45, 2.75) is 11.8 Å². The molecule has 0 saturated carbocycles. The van der Waals surface area contributed by atoms with E-state index in [1.807, 2.05) is 6.92 Å². The predicted molar refractivity (Wildman–Crippen MR) is 91.7 cm³/mol. The fraction of sp³-hybridized carbons (Fsp3) is 0.353. The van der Waals surface area contributed by atoms with Crippen molar-refractivity contribution in [3.8, 4) is 0 Å². The van der Waals surface area contributed by atoms with E-state index >= 15 is 0 Å². The number of anilines is 1. The van der Waals surface area contributed by atoms with Gasteiger partial charge in [-0.3, -0.25) is 4.79 Å². The molecule has 0 atom stereocenters. The van der Waals surface area contributed by atoms with Crippen LogP contribution in [0.4, 0.5) is 5.69 Å². The molecule has 1 saturated heterocycles. The molecule has 2 aliphatic rings. The Labute approximate surface area is 141 Å². The number of amides is 1. The highest BCUT2D eigenvalue weighted by Crippen LogP contribution is 2.40. The highest BCUT2D eigenvalue weighted by atomic mass is 32.2. The van der Waals surface area contributed by atoms with Crippen LogP contribution in [0.3, 0.4) is 0 Å². The van der Waals surface area contributed by atoms with E-state index in [0.717, 1.165) is 24.2 Å². The highest BCUT2D eigenvalue weighted by Gasteiger charge is 2.34. The van der Waals surface area contributed by atoms with Crippen molar-refractivity contribution in [3.05, 3.63) is 35.9 Å². The number of nitrogens with two attached hydrogens (primary N) is 1. The van der Waals surface area contributed by atoms with Crippen LogP contribution >= 0.6 is 0 Å². The van der Waals surface area contributed by atoms with Gasteiger partial charge >= 0.3 is 0 Å². The average Bonchev–Trinajstić information content (AvgIpc) is 2.89. The van der Waals surface area contributed by atoms with Gasteiger partial charge in [-0.1, -0.05) is 12.1 Å². The molecule has 24 heavy (non-hydrogen) atoms. The van der Waals surface area contributed by atoms with Crippen LogP contribution < -0.4 is 10.2 Å². The van der Waals surface area contributed by atoms with Gasteiger partial charge in [0.05, 0.1) is 36.8 Å². The van der Waals surface area contributed by atoms with Crippen molar-refractivity contribution in [2.24, 2.45) is 0 Å². The van der Waals surface area contributed by atoms with Gasteiger partial charge in [-0.05, 0) is 25.1 Å². The Bertz CT molecular complexity index is 933. The summed E-state index contributed by atoms with van der Waals surface area (Å²) in [7, 11) is -3.55. The zero-order valence-electron chi connectivity index (χ0n) is 13.5. The fourth-order valence-corrected chi connectivity index (χ4v) is 5.32. The lowest BCUT2D eigenvalue weighted by Gasteiger charge is -2.25. The number of nitrogens with zero attached hydrogens (tertiary/aromatic N) is 2. The second-order valence-electron chi connectivity index (χ2n) is 6.13. The van der Waals surface area contributed by atoms with Gasteiger partial charge in [0.1, 0.15) is 0 Å². The molecule has 0 bridgehead atoms. The van der Waals surface area contributed by atoms with Crippen LogP contribution in [0.1, 0.15) is 17.3 Å². The van der Waals surface area contributed by atoms with Gasteiger partial charge in [-0.2, -0.15) is 4.31 Å². The van der Waals surface area contributed by atoms with Crippen molar-refractivity contribution in [2.75, 3.05) is 37.6 Å². The van der Waals surface area contributed by atoms with E-state index in [2.05, 4.69) is 5.32 Å². The van der Waals surface area contributed by atoms with Gasteiger partial charge in [0.25, 0.3) is 5.91 Å². The van der Waals surface area contributed by atoms with E-state index < -0.39 is 10.0 Å². The first-order valence-electron chi connectivity index (χ1n) is 8.25. The molecule has 0 aliphatic carbocycles. The average molecular weight is 346 g/mol. The Morgan fingerprint density at radius 2 is 1.88 bits per heavy atom. The van der Waals surface area contributed by atoms with Gasteiger partial charge in [0.15, 0.2) is 0 Å². The molecule has 2 aromatic rings. The first kappa shape index (κ1) is 15.6. The maximum Gasteiger partial charge on any atom is 0.258 e. The molecule has 2 N–H and O–H groups in total. The van der Waals surface area contributed by atoms with Gasteiger partial charge in [0.2, 0.25) is 10.0 Å². The third kappa shape index (κ3) is 2.08. The summed E-state index contributed by atoms with van der Waals surface area (Å²) in [5.74, 6) is -0.0554. The molecule has 126 valence electrons. The van der Waals surface area contributed by atoms with Crippen molar-refractivity contribution in [3.63, 3.8) is 0 Å². The molecule has 1 fully saturated rings. The summed E-state index contributed by atoms with van der Waals surface area (Å²) in [6.07, 6.45) is 0. The van der Waals surface area contributed by atoms with Crippen LogP contribution in [0.5, 0.6) is 0 Å². The first-order valence-corrected chi connectivity index (χ1v) is 9.69. The quantitative estimate of drug-likeness (QED) is 0.874. The monoisotopic (exact) mass is 346 g/mol. The molecule has 0 spiro atoms. The standard InChI is InChI=1S/C17H19N3O3S/c1-2-20-14-6-7-15(24(22,23)19-10-8-18-9-11-19)12-4-3-5-13(16(12)14)17(20)21/h3-7,18H,2,8-11H2,1H3/p+1. The lowest BCUT2D eigenvalue weighted by Crippen LogP contribution is -2.89. The molecule has 4 rings (SSSR count). The van der Waals surface area contributed by atoms with Crippen LogP contribution in [-0.4, -0.2) is 51.4 Å². The number of hydrogen-bond donors (Lipinski definition) is 1. The molecule has 2 aliphatic heterocycles. The molecular weight excluding hydrogens is 326 g/mol. The Kier molecular flexibility index (Phi) is 3.59. The van der Waals surface area contributed by atoms with Crippen LogP contribution in [0.25, 0.3) is 10.8 Å². The van der Waals surface area contributed by atoms with Crippen LogP contribution in [0, 0.1) is 0 Å². The molecule has 2 aromatic carbocycles. The number of sulfonamides is 1. The van der Waals surface area contributed by atoms with Crippen LogP contribution in [-0.2, 0) is 10.0 Å². The molecule has 6 nitrogen and oxygen atoms in total. The number of carbonyl (C=O) groups is 1.